The van der Waals surface area contributed by atoms with Gasteiger partial charge < -0.3 is 10.6 Å². The van der Waals surface area contributed by atoms with Gasteiger partial charge in [-0.2, -0.15) is 4.98 Å². The van der Waals surface area contributed by atoms with E-state index in [0.29, 0.717) is 16.7 Å². The zero-order valence-corrected chi connectivity index (χ0v) is 11.6. The van der Waals surface area contributed by atoms with E-state index in [9.17, 15) is 10.1 Å². The number of hydrogen-bond acceptors (Lipinski definition) is 6. The van der Waals surface area contributed by atoms with Gasteiger partial charge in [0.25, 0.3) is 0 Å². The lowest BCUT2D eigenvalue weighted by atomic mass is 10.3. The lowest BCUT2D eigenvalue weighted by Crippen LogP contribution is -2.07. The van der Waals surface area contributed by atoms with Crippen molar-refractivity contribution in [1.29, 1.82) is 0 Å². The molecule has 2 rings (SSSR count). The van der Waals surface area contributed by atoms with E-state index in [1.54, 1.807) is 38.2 Å². The standard InChI is InChI=1S/C12H12ClN5O2/c1-7-10(18(19)20)11(17-12(14-2)15-7)16-9-6-4-3-5-8(9)13/h3-6H,1-2H3,(H2,14,15,16,17). The first kappa shape index (κ1) is 14.0. The van der Waals surface area contributed by atoms with Crippen molar-refractivity contribution in [2.24, 2.45) is 0 Å². The van der Waals surface area contributed by atoms with Gasteiger partial charge in [0.2, 0.25) is 11.8 Å². The molecule has 8 heteroatoms. The summed E-state index contributed by atoms with van der Waals surface area (Å²) in [7, 11) is 1.64. The lowest BCUT2D eigenvalue weighted by molar-refractivity contribution is -0.385. The summed E-state index contributed by atoms with van der Waals surface area (Å²) >= 11 is 6.03. The Morgan fingerprint density at radius 1 is 1.30 bits per heavy atom. The number of benzene rings is 1. The topological polar surface area (TPSA) is 93.0 Å². The summed E-state index contributed by atoms with van der Waals surface area (Å²) in [6.07, 6.45) is 0. The Balaban J connectivity index is 2.52. The van der Waals surface area contributed by atoms with E-state index in [1.165, 1.54) is 0 Å². The molecule has 0 unspecified atom stereocenters. The van der Waals surface area contributed by atoms with Crippen molar-refractivity contribution >= 4 is 34.7 Å². The second-order valence-corrected chi connectivity index (χ2v) is 4.35. The first-order chi connectivity index (χ1) is 9.52. The molecule has 0 aliphatic rings. The van der Waals surface area contributed by atoms with E-state index >= 15 is 0 Å². The number of nitro groups is 1. The zero-order chi connectivity index (χ0) is 14.7. The van der Waals surface area contributed by atoms with E-state index in [4.69, 9.17) is 11.6 Å². The molecular weight excluding hydrogens is 282 g/mol. The summed E-state index contributed by atoms with van der Waals surface area (Å²) in [6, 6.07) is 6.94. The highest BCUT2D eigenvalue weighted by Gasteiger charge is 2.22. The van der Waals surface area contributed by atoms with E-state index in [2.05, 4.69) is 20.6 Å². The van der Waals surface area contributed by atoms with Gasteiger partial charge in [0.1, 0.15) is 5.69 Å². The Bertz CT molecular complexity index is 662. The van der Waals surface area contributed by atoms with Crippen molar-refractivity contribution in [1.82, 2.24) is 9.97 Å². The Kier molecular flexibility index (Phi) is 3.99. The monoisotopic (exact) mass is 293 g/mol. The van der Waals surface area contributed by atoms with Crippen LogP contribution in [0.3, 0.4) is 0 Å². The molecule has 0 fully saturated rings. The minimum absolute atomic E-state index is 0.0972. The number of rotatable bonds is 4. The van der Waals surface area contributed by atoms with Crippen molar-refractivity contribution < 1.29 is 4.92 Å². The van der Waals surface area contributed by atoms with Crippen LogP contribution in [0.2, 0.25) is 5.02 Å². The Morgan fingerprint density at radius 2 is 2.00 bits per heavy atom. The average Bonchev–Trinajstić information content (AvgIpc) is 2.40. The average molecular weight is 294 g/mol. The first-order valence-corrected chi connectivity index (χ1v) is 6.13. The van der Waals surface area contributed by atoms with Gasteiger partial charge in [-0.25, -0.2) is 4.98 Å². The van der Waals surface area contributed by atoms with Gasteiger partial charge >= 0.3 is 5.69 Å². The fourth-order valence-electron chi connectivity index (χ4n) is 1.67. The predicted molar refractivity (Wildman–Crippen MR) is 77.7 cm³/mol. The van der Waals surface area contributed by atoms with Gasteiger partial charge in [-0.3, -0.25) is 10.1 Å². The Labute approximate surface area is 120 Å². The van der Waals surface area contributed by atoms with Crippen LogP contribution in [0.4, 0.5) is 23.1 Å². The molecule has 20 heavy (non-hydrogen) atoms. The summed E-state index contributed by atoms with van der Waals surface area (Å²) in [5, 5.41) is 17.2. The van der Waals surface area contributed by atoms with E-state index in [-0.39, 0.29) is 17.2 Å². The second kappa shape index (κ2) is 5.70. The summed E-state index contributed by atoms with van der Waals surface area (Å²) in [6.45, 7) is 1.55. The SMILES string of the molecule is CNc1nc(C)c([N+](=O)[O-])c(Nc2ccccc2Cl)n1. The third kappa shape index (κ3) is 2.77. The molecule has 0 aliphatic heterocycles. The number of para-hydroxylation sites is 1. The minimum atomic E-state index is -0.520. The molecule has 0 bridgehead atoms. The summed E-state index contributed by atoms with van der Waals surface area (Å²) < 4.78 is 0. The molecule has 0 atom stereocenters. The summed E-state index contributed by atoms with van der Waals surface area (Å²) in [5.74, 6) is 0.391. The molecular formula is C12H12ClN5O2. The van der Waals surface area contributed by atoms with Crippen molar-refractivity contribution in [3.8, 4) is 0 Å². The van der Waals surface area contributed by atoms with Crippen LogP contribution in [0.1, 0.15) is 5.69 Å². The van der Waals surface area contributed by atoms with Crippen LogP contribution in [-0.2, 0) is 0 Å². The molecule has 0 radical (unpaired) electrons. The smallest absolute Gasteiger partial charge is 0.332 e. The van der Waals surface area contributed by atoms with Crippen molar-refractivity contribution in [3.63, 3.8) is 0 Å². The minimum Gasteiger partial charge on any atom is -0.357 e. The van der Waals surface area contributed by atoms with Crippen LogP contribution in [0, 0.1) is 17.0 Å². The van der Waals surface area contributed by atoms with Crippen LogP contribution in [0.5, 0.6) is 0 Å². The lowest BCUT2D eigenvalue weighted by Gasteiger charge is -2.10. The maximum atomic E-state index is 11.1. The van der Waals surface area contributed by atoms with Crippen molar-refractivity contribution in [2.75, 3.05) is 17.7 Å². The number of nitrogens with zero attached hydrogens (tertiary/aromatic N) is 3. The van der Waals surface area contributed by atoms with Crippen LogP contribution >= 0.6 is 11.6 Å². The normalized spacial score (nSPS) is 10.2. The molecule has 0 amide bonds. The second-order valence-electron chi connectivity index (χ2n) is 3.94. The Morgan fingerprint density at radius 3 is 2.60 bits per heavy atom. The van der Waals surface area contributed by atoms with Gasteiger partial charge in [-0.15, -0.1) is 0 Å². The maximum Gasteiger partial charge on any atom is 0.332 e. The number of anilines is 3. The van der Waals surface area contributed by atoms with Gasteiger partial charge in [-0.1, -0.05) is 23.7 Å². The fraction of sp³-hybridized carbons (Fsp3) is 0.167. The van der Waals surface area contributed by atoms with Crippen LogP contribution in [-0.4, -0.2) is 21.9 Å². The Hall–Kier alpha value is -2.41. The van der Waals surface area contributed by atoms with Crippen molar-refractivity contribution in [2.45, 2.75) is 6.92 Å². The summed E-state index contributed by atoms with van der Waals surface area (Å²) in [4.78, 5) is 18.7. The van der Waals surface area contributed by atoms with Crippen LogP contribution in [0.15, 0.2) is 24.3 Å². The number of nitrogens with one attached hydrogen (secondary N) is 2. The number of hydrogen-bond donors (Lipinski definition) is 2. The van der Waals surface area contributed by atoms with E-state index in [1.807, 2.05) is 0 Å². The zero-order valence-electron chi connectivity index (χ0n) is 10.8. The number of aryl methyl sites for hydroxylation is 1. The number of halogens is 1. The van der Waals surface area contributed by atoms with Crippen molar-refractivity contribution in [3.05, 3.63) is 45.1 Å². The number of aromatic nitrogens is 2. The summed E-state index contributed by atoms with van der Waals surface area (Å²) in [5.41, 5.74) is 0.630. The van der Waals surface area contributed by atoms with E-state index < -0.39 is 4.92 Å². The molecule has 7 nitrogen and oxygen atoms in total. The van der Waals surface area contributed by atoms with Gasteiger partial charge in [-0.05, 0) is 19.1 Å². The van der Waals surface area contributed by atoms with Gasteiger partial charge in [0.05, 0.1) is 15.6 Å². The highest BCUT2D eigenvalue weighted by atomic mass is 35.5. The highest BCUT2D eigenvalue weighted by molar-refractivity contribution is 6.33. The molecule has 0 saturated heterocycles. The van der Waals surface area contributed by atoms with Gasteiger partial charge in [0.15, 0.2) is 0 Å². The van der Waals surface area contributed by atoms with Crippen LogP contribution in [0.25, 0.3) is 0 Å². The largest absolute Gasteiger partial charge is 0.357 e. The van der Waals surface area contributed by atoms with Crippen LogP contribution < -0.4 is 10.6 Å². The molecule has 1 heterocycles. The third-order valence-corrected chi connectivity index (χ3v) is 2.92. The maximum absolute atomic E-state index is 11.1. The highest BCUT2D eigenvalue weighted by Crippen LogP contribution is 2.31. The molecule has 0 aliphatic carbocycles. The third-order valence-electron chi connectivity index (χ3n) is 2.59. The molecule has 1 aromatic heterocycles. The molecule has 104 valence electrons. The van der Waals surface area contributed by atoms with Gasteiger partial charge in [0, 0.05) is 7.05 Å². The quantitative estimate of drug-likeness (QED) is 0.664. The first-order valence-electron chi connectivity index (χ1n) is 5.75. The molecule has 0 spiro atoms. The fourth-order valence-corrected chi connectivity index (χ4v) is 1.86. The predicted octanol–water partition coefficient (Wildman–Crippen LogP) is 3.13. The molecule has 1 aromatic carbocycles. The molecule has 2 aromatic rings. The molecule has 2 N–H and O–H groups in total. The van der Waals surface area contributed by atoms with E-state index in [0.717, 1.165) is 0 Å². The molecule has 0 saturated carbocycles.